The number of hydrogen-bond acceptors (Lipinski definition) is 9. The van der Waals surface area contributed by atoms with E-state index in [4.69, 9.17) is 15.2 Å². The lowest BCUT2D eigenvalue weighted by Crippen LogP contribution is -2.15. The van der Waals surface area contributed by atoms with Crippen LogP contribution in [0.25, 0.3) is 22.0 Å². The predicted molar refractivity (Wildman–Crippen MR) is 189 cm³/mol. The van der Waals surface area contributed by atoms with Crippen molar-refractivity contribution in [3.8, 4) is 22.8 Å². The Bertz CT molecular complexity index is 2100. The number of anilines is 3. The van der Waals surface area contributed by atoms with Crippen molar-refractivity contribution in [2.75, 3.05) is 29.5 Å². The molecule has 2 heterocycles. The lowest BCUT2D eigenvalue weighted by molar-refractivity contribution is -0.116. The normalized spacial score (nSPS) is 11.4. The summed E-state index contributed by atoms with van der Waals surface area (Å²) < 4.78 is 67.7. The van der Waals surface area contributed by atoms with E-state index in [1.54, 1.807) is 18.2 Å². The fourth-order valence-corrected chi connectivity index (χ4v) is 6.48. The molecule has 0 aliphatic carbocycles. The van der Waals surface area contributed by atoms with E-state index >= 15 is 0 Å². The number of nitrogens with one attached hydrogen (secondary N) is 2. The second-order valence-electron chi connectivity index (χ2n) is 11.6. The Morgan fingerprint density at radius 3 is 2.40 bits per heavy atom. The summed E-state index contributed by atoms with van der Waals surface area (Å²) in [5, 5.41) is 3.59. The van der Waals surface area contributed by atoms with Crippen LogP contribution in [0, 0.1) is 18.6 Å². The highest BCUT2D eigenvalue weighted by Crippen LogP contribution is 2.36. The summed E-state index contributed by atoms with van der Waals surface area (Å²) in [6.07, 6.45) is 8.89. The minimum absolute atomic E-state index is 0.0427. The minimum atomic E-state index is -4.46. The molecule has 0 aliphatic rings. The van der Waals surface area contributed by atoms with Crippen LogP contribution in [-0.2, 0) is 14.8 Å². The summed E-state index contributed by atoms with van der Waals surface area (Å²) in [6, 6.07) is 14.5. The monoisotopic (exact) mass is 704 g/mol. The van der Waals surface area contributed by atoms with E-state index in [1.165, 1.54) is 25.7 Å². The van der Waals surface area contributed by atoms with Gasteiger partial charge in [-0.1, -0.05) is 37.8 Å². The molecule has 50 heavy (non-hydrogen) atoms. The van der Waals surface area contributed by atoms with E-state index in [9.17, 15) is 22.0 Å². The molecule has 11 nitrogen and oxygen atoms in total. The van der Waals surface area contributed by atoms with Crippen LogP contribution >= 0.6 is 0 Å². The molecule has 3 aromatic carbocycles. The molecule has 0 bridgehead atoms. The highest BCUT2D eigenvalue weighted by molar-refractivity contribution is 7.92. The number of aromatic nitrogens is 3. The molecule has 1 amide bonds. The van der Waals surface area contributed by atoms with Crippen molar-refractivity contribution in [3.63, 3.8) is 0 Å². The van der Waals surface area contributed by atoms with Gasteiger partial charge >= 0.3 is 0 Å². The molecule has 4 N–H and O–H groups in total. The van der Waals surface area contributed by atoms with Gasteiger partial charge in [-0.3, -0.25) is 9.52 Å². The number of rotatable bonds is 16. The minimum Gasteiger partial charge on any atom is -0.491 e. The predicted octanol–water partition coefficient (Wildman–Crippen LogP) is 7.42. The summed E-state index contributed by atoms with van der Waals surface area (Å²) in [6.45, 7) is 2.29. The van der Waals surface area contributed by atoms with Crippen LogP contribution in [0.4, 0.5) is 25.8 Å². The fraction of sp³-hybridized carbons (Fsp3) is 0.278. The number of halogens is 2. The third-order valence-electron chi connectivity index (χ3n) is 8.00. The molecule has 5 aromatic rings. The molecular weight excluding hydrogens is 666 g/mol. The number of carbonyl (C=O) groups excluding carboxylic acids is 1. The second-order valence-corrected chi connectivity index (χ2v) is 13.3. The van der Waals surface area contributed by atoms with E-state index < -0.39 is 26.6 Å². The second kappa shape index (κ2) is 16.4. The number of methoxy groups -OCH3 is 1. The number of hydrogen-bond donors (Lipinski definition) is 3. The van der Waals surface area contributed by atoms with Crippen LogP contribution in [0.3, 0.4) is 0 Å². The molecule has 0 saturated carbocycles. The number of sulfonamides is 1. The first-order valence-electron chi connectivity index (χ1n) is 16.1. The maximum atomic E-state index is 14.4. The Kier molecular flexibility index (Phi) is 11.8. The van der Waals surface area contributed by atoms with Gasteiger partial charge in [-0.25, -0.2) is 32.2 Å². The molecular formula is C36H38F2N6O5S. The highest BCUT2D eigenvalue weighted by atomic mass is 32.2. The maximum absolute atomic E-state index is 14.4. The van der Waals surface area contributed by atoms with E-state index in [0.717, 1.165) is 61.7 Å². The van der Waals surface area contributed by atoms with Gasteiger partial charge in [0.2, 0.25) is 11.8 Å². The summed E-state index contributed by atoms with van der Waals surface area (Å²) in [7, 11) is -3.14. The first kappa shape index (κ1) is 35.9. The molecule has 0 radical (unpaired) electrons. The topological polar surface area (TPSA) is 158 Å². The lowest BCUT2D eigenvalue weighted by atomic mass is 10.0. The van der Waals surface area contributed by atoms with Crippen LogP contribution in [-0.4, -0.2) is 43.0 Å². The van der Waals surface area contributed by atoms with Gasteiger partial charge < -0.3 is 20.5 Å². The highest BCUT2D eigenvalue weighted by Gasteiger charge is 2.23. The molecule has 5 rings (SSSR count). The third kappa shape index (κ3) is 8.99. The molecule has 262 valence electrons. The first-order valence-corrected chi connectivity index (χ1v) is 17.6. The van der Waals surface area contributed by atoms with Crippen molar-refractivity contribution in [1.29, 1.82) is 0 Å². The van der Waals surface area contributed by atoms with Gasteiger partial charge in [-0.2, -0.15) is 0 Å². The summed E-state index contributed by atoms with van der Waals surface area (Å²) in [5.41, 5.74) is 9.53. The van der Waals surface area contributed by atoms with Crippen molar-refractivity contribution >= 4 is 43.9 Å². The van der Waals surface area contributed by atoms with E-state index in [1.807, 2.05) is 25.1 Å². The SMILES string of the molecule is COc1ncc(-c2cc(OCCCCCCCCC(=O)Nc3ccccc3N)c3ncnc(C)c3c2)cc1NS(=O)(=O)c1ccc(F)cc1F. The molecule has 0 aliphatic heterocycles. The van der Waals surface area contributed by atoms with Crippen LogP contribution in [0.2, 0.25) is 0 Å². The van der Waals surface area contributed by atoms with Gasteiger partial charge in [0, 0.05) is 35.3 Å². The number of para-hydroxylation sites is 2. The summed E-state index contributed by atoms with van der Waals surface area (Å²) >= 11 is 0. The van der Waals surface area contributed by atoms with Gasteiger partial charge in [-0.05, 0) is 67.8 Å². The third-order valence-corrected chi connectivity index (χ3v) is 9.40. The van der Waals surface area contributed by atoms with Crippen LogP contribution in [0.1, 0.15) is 50.6 Å². The smallest absolute Gasteiger partial charge is 0.264 e. The number of carbonyl (C=O) groups is 1. The maximum Gasteiger partial charge on any atom is 0.264 e. The van der Waals surface area contributed by atoms with E-state index in [-0.39, 0.29) is 17.5 Å². The zero-order valence-corrected chi connectivity index (χ0v) is 28.5. The molecule has 2 aromatic heterocycles. The quantitative estimate of drug-likeness (QED) is 0.0702. The van der Waals surface area contributed by atoms with Gasteiger partial charge in [0.1, 0.15) is 39.8 Å². The van der Waals surface area contributed by atoms with Crippen molar-refractivity contribution < 1.29 is 31.5 Å². The zero-order chi connectivity index (χ0) is 35.7. The number of ether oxygens (including phenoxy) is 2. The molecule has 0 unspecified atom stereocenters. The number of aryl methyl sites for hydroxylation is 1. The van der Waals surface area contributed by atoms with E-state index in [2.05, 4.69) is 25.0 Å². The van der Waals surface area contributed by atoms with Gasteiger partial charge in [0.05, 0.1) is 25.1 Å². The number of benzene rings is 3. The summed E-state index contributed by atoms with van der Waals surface area (Å²) in [5.74, 6) is -1.70. The number of pyridine rings is 1. The molecule has 0 spiro atoms. The first-order chi connectivity index (χ1) is 24.1. The average Bonchev–Trinajstić information content (AvgIpc) is 3.08. The van der Waals surface area contributed by atoms with Gasteiger partial charge in [0.25, 0.3) is 10.0 Å². The Balaban J connectivity index is 1.21. The number of fused-ring (bicyclic) bond motifs is 1. The number of unbranched alkanes of at least 4 members (excludes halogenated alkanes) is 5. The van der Waals surface area contributed by atoms with Crippen LogP contribution < -0.4 is 25.2 Å². The Labute approximate surface area is 289 Å². The average molecular weight is 705 g/mol. The van der Waals surface area contributed by atoms with Crippen molar-refractivity contribution in [3.05, 3.63) is 90.5 Å². The molecule has 0 saturated heterocycles. The Morgan fingerprint density at radius 1 is 0.880 bits per heavy atom. The van der Waals surface area contributed by atoms with Crippen LogP contribution in [0.15, 0.2) is 78.1 Å². The number of amides is 1. The number of nitrogens with two attached hydrogens (primary N) is 1. The van der Waals surface area contributed by atoms with Gasteiger partial charge in [0.15, 0.2) is 0 Å². The molecule has 0 atom stereocenters. The molecule has 0 fully saturated rings. The van der Waals surface area contributed by atoms with E-state index in [0.29, 0.717) is 52.9 Å². The lowest BCUT2D eigenvalue weighted by Gasteiger charge is -2.15. The van der Waals surface area contributed by atoms with Gasteiger partial charge in [-0.15, -0.1) is 0 Å². The standard InChI is InChI=1S/C36H38F2N6O5S/c1-23-27-17-24(25-18-31(36(48-2)40-21-25)44-50(46,47)33-15-14-26(37)20-28(33)38)19-32(35(27)42-22-41-23)49-16-10-6-4-3-5-7-13-34(45)43-30-12-9-8-11-29(30)39/h8-9,11-12,14-15,17-22,44H,3-7,10,13,16,39H2,1-2H3,(H,43,45). The van der Waals surface area contributed by atoms with Crippen molar-refractivity contribution in [2.24, 2.45) is 0 Å². The number of nitrogen functional groups attached to an aromatic ring is 1. The van der Waals surface area contributed by atoms with Crippen molar-refractivity contribution in [2.45, 2.75) is 56.8 Å². The summed E-state index contributed by atoms with van der Waals surface area (Å²) in [4.78, 5) is 24.5. The molecule has 14 heteroatoms. The Hall–Kier alpha value is -5.37. The zero-order valence-electron chi connectivity index (χ0n) is 27.7. The fourth-order valence-electron chi connectivity index (χ4n) is 5.38. The number of nitrogens with zero attached hydrogens (tertiary/aromatic N) is 3. The Morgan fingerprint density at radius 2 is 1.64 bits per heavy atom. The van der Waals surface area contributed by atoms with Crippen molar-refractivity contribution in [1.82, 2.24) is 15.0 Å². The van der Waals surface area contributed by atoms with Crippen LogP contribution in [0.5, 0.6) is 11.6 Å². The largest absolute Gasteiger partial charge is 0.491 e.